The minimum Gasteiger partial charge on any atom is -0.222 e. The second kappa shape index (κ2) is 22.1. The van der Waals surface area contributed by atoms with Gasteiger partial charge < -0.3 is 0 Å². The Morgan fingerprint density at radius 2 is 0.628 bits per heavy atom. The van der Waals surface area contributed by atoms with Crippen LogP contribution in [0.1, 0.15) is 32.1 Å². The van der Waals surface area contributed by atoms with E-state index < -0.39 is 10.2 Å². The zero-order valence-electron chi connectivity index (χ0n) is 24.0. The molecule has 0 heterocycles. The van der Waals surface area contributed by atoms with Crippen molar-refractivity contribution >= 4 is 37.1 Å². The third-order valence-corrected chi connectivity index (χ3v) is 11.6. The topological polar surface area (TPSA) is 92.2 Å². The van der Waals surface area contributed by atoms with E-state index in [1.807, 2.05) is 0 Å². The summed E-state index contributed by atoms with van der Waals surface area (Å²) in [5.41, 5.74) is 0. The molecule has 1 aliphatic carbocycles. The largest absolute Gasteiger partial charge is 0.222 e. The fraction of sp³-hybridized carbons (Fsp3) is 0.200. The van der Waals surface area contributed by atoms with Crippen LogP contribution in [0.15, 0.2) is 121 Å². The summed E-state index contributed by atoms with van der Waals surface area (Å²) >= 11 is 0. The van der Waals surface area contributed by atoms with Crippen LogP contribution in [0, 0.1) is 35.9 Å². The van der Waals surface area contributed by atoms with Gasteiger partial charge in [0, 0.05) is 19.5 Å². The summed E-state index contributed by atoms with van der Waals surface area (Å²) in [5.74, 6) is 0. The molecular weight excluding hydrogens is 685 g/mol. The van der Waals surface area contributed by atoms with Gasteiger partial charge in [0.2, 0.25) is 0 Å². The van der Waals surface area contributed by atoms with Crippen LogP contribution in [0.4, 0.5) is 0 Å². The smallest absolute Gasteiger partial charge is 0 e. The number of benzene rings is 4. The Hall–Kier alpha value is -1.51. The van der Waals surface area contributed by atoms with E-state index in [1.165, 1.54) is 65.6 Å². The quantitative estimate of drug-likeness (QED) is 0.206. The molecule has 0 spiro atoms. The maximum absolute atomic E-state index is 8.49. The molecule has 4 aromatic carbocycles. The van der Waals surface area contributed by atoms with Gasteiger partial charge in [0.05, 0.1) is 0 Å². The molecule has 43 heavy (non-hydrogen) atoms. The van der Waals surface area contributed by atoms with Crippen LogP contribution >= 0.6 is 15.8 Å². The number of hydrogen-bond donors (Lipinski definition) is 0. The molecule has 0 N–H and O–H groups in total. The molecule has 1 fully saturated rings. The zero-order valence-corrected chi connectivity index (χ0v) is 28.2. The Morgan fingerprint density at radius 1 is 0.419 bits per heavy atom. The molecule has 1 saturated carbocycles. The summed E-state index contributed by atoms with van der Waals surface area (Å²) in [7, 11) is -5.56. The van der Waals surface area contributed by atoms with E-state index in [4.69, 9.17) is 18.6 Å². The summed E-state index contributed by atoms with van der Waals surface area (Å²) < 4.78 is 34.0. The van der Waals surface area contributed by atoms with E-state index >= 15 is 0 Å². The number of rotatable bonds is 8. The molecule has 8 heteroatoms. The van der Waals surface area contributed by atoms with Crippen LogP contribution in [0.2, 0.25) is 0 Å². The molecule has 0 atom stereocenters. The maximum atomic E-state index is 8.49. The van der Waals surface area contributed by atoms with Crippen LogP contribution in [-0.4, -0.2) is 12.3 Å². The summed E-state index contributed by atoms with van der Waals surface area (Å²) in [6.45, 7) is 0. The monoisotopic (exact) mass is 722 g/mol. The van der Waals surface area contributed by atoms with E-state index in [1.54, 1.807) is 0 Å². The predicted molar refractivity (Wildman–Crippen MR) is 168 cm³/mol. The Morgan fingerprint density at radius 3 is 0.837 bits per heavy atom. The predicted octanol–water partition coefficient (Wildman–Crippen LogP) is 3.26. The van der Waals surface area contributed by atoms with Gasteiger partial charge in [0.25, 0.3) is 0 Å². The van der Waals surface area contributed by atoms with Gasteiger partial charge in [-0.3, -0.25) is 0 Å². The summed E-state index contributed by atoms with van der Waals surface area (Å²) in [6.07, 6.45) is 17.7. The van der Waals surface area contributed by atoms with Crippen molar-refractivity contribution in [3.8, 4) is 0 Å². The van der Waals surface area contributed by atoms with Gasteiger partial charge in [-0.25, -0.2) is 18.6 Å². The first-order valence-corrected chi connectivity index (χ1v) is 18.4. The van der Waals surface area contributed by atoms with Gasteiger partial charge in [0.15, 0.2) is 0 Å². The van der Waals surface area contributed by atoms with Crippen LogP contribution < -0.4 is 39.9 Å². The number of halogens is 1. The normalized spacial score (nSPS) is 13.3. The molecule has 0 aromatic heterocycles. The second-order valence-electron chi connectivity index (χ2n) is 9.47. The van der Waals surface area contributed by atoms with E-state index in [-0.39, 0.29) is 35.3 Å². The summed E-state index contributed by atoms with van der Waals surface area (Å²) in [6, 6.07) is 44.3. The van der Waals surface area contributed by atoms with Gasteiger partial charge in [-0.05, 0) is 107 Å². The van der Waals surface area contributed by atoms with Crippen LogP contribution in [0.5, 0.6) is 0 Å². The summed E-state index contributed by atoms with van der Waals surface area (Å²) in [4.78, 5) is 0. The van der Waals surface area contributed by atoms with E-state index in [0.717, 1.165) is 0 Å². The van der Waals surface area contributed by atoms with Crippen molar-refractivity contribution in [3.05, 3.63) is 147 Å². The van der Waals surface area contributed by atoms with Crippen molar-refractivity contribution in [1.29, 1.82) is 0 Å². The molecule has 5 rings (SSSR count). The van der Waals surface area contributed by atoms with E-state index in [9.17, 15) is 0 Å². The van der Waals surface area contributed by atoms with Crippen LogP contribution in [0.25, 0.3) is 0 Å². The zero-order chi connectivity index (χ0) is 29.9. The van der Waals surface area contributed by atoms with E-state index in [2.05, 4.69) is 147 Å². The van der Waals surface area contributed by atoms with Gasteiger partial charge in [-0.1, -0.05) is 121 Å². The molecule has 4 aromatic rings. The fourth-order valence-corrected chi connectivity index (χ4v) is 9.44. The third kappa shape index (κ3) is 16.4. The van der Waals surface area contributed by atoms with Crippen molar-refractivity contribution in [1.82, 2.24) is 0 Å². The Labute approximate surface area is 275 Å². The minimum atomic E-state index is -4.94. The molecule has 1 aliphatic rings. The van der Waals surface area contributed by atoms with Gasteiger partial charge in [-0.2, -0.15) is 0 Å². The Bertz CT molecular complexity index is 1020. The molecule has 0 aliphatic heterocycles. The van der Waals surface area contributed by atoms with Gasteiger partial charge in [0.1, 0.15) is 0 Å². The molecule has 5 radical (unpaired) electrons. The van der Waals surface area contributed by atoms with Gasteiger partial charge in [-0.15, -0.1) is 10.2 Å². The molecule has 229 valence electrons. The first-order valence-electron chi connectivity index (χ1n) is 14.1. The van der Waals surface area contributed by atoms with Crippen molar-refractivity contribution in [2.45, 2.75) is 32.1 Å². The number of hydrogen-bond acceptors (Lipinski definition) is 4. The average molecular weight is 723 g/mol. The molecule has 0 saturated heterocycles. The van der Waals surface area contributed by atoms with E-state index in [0.29, 0.717) is 0 Å². The average Bonchev–Trinajstić information content (AvgIpc) is 2.98. The first kappa shape index (κ1) is 37.7. The van der Waals surface area contributed by atoms with Crippen LogP contribution in [-0.2, 0) is 19.5 Å². The molecule has 0 unspecified atom stereocenters. The first-order chi connectivity index (χ1) is 20.4. The van der Waals surface area contributed by atoms with Crippen molar-refractivity contribution in [3.63, 3.8) is 0 Å². The maximum Gasteiger partial charge on any atom is 0 e. The van der Waals surface area contributed by atoms with Crippen molar-refractivity contribution in [2.24, 2.45) is 0 Å². The SMILES string of the molecule is [CH]1[CH]CC[CH][CH]CC1.[O-][Cl+3]([O-])([O-])[O-].[Rh].c1ccc(P(CCCP(c2ccccc2)c2ccccc2)c2ccccc2)cc1. The van der Waals surface area contributed by atoms with Crippen molar-refractivity contribution < 1.29 is 48.4 Å². The Balaban J connectivity index is 0.000000384. The Kier molecular flexibility index (Phi) is 19.3. The van der Waals surface area contributed by atoms with Crippen LogP contribution in [0.3, 0.4) is 0 Å². The fourth-order valence-electron chi connectivity index (χ4n) is 4.49. The third-order valence-electron chi connectivity index (χ3n) is 6.37. The molecule has 0 bridgehead atoms. The summed E-state index contributed by atoms with van der Waals surface area (Å²) in [5, 5.41) is 5.94. The van der Waals surface area contributed by atoms with Crippen molar-refractivity contribution in [2.75, 3.05) is 12.3 Å². The molecule has 0 amide bonds. The standard InChI is InChI=1S/C27H26P2.C8H12.ClHO4.Rh/c1-5-14-24(15-6-1)28(25-16-7-2-8-17-25)22-13-23-29(26-18-9-3-10-19-26)27-20-11-4-12-21-27;1-2-4-6-8-7-5-3-1;2-1(3,4)5;/h1-12,14-21H,13,22-23H2;1-2,7-8H,3-6H2;(H,2,3,4,5);/p-1. The molecule has 4 nitrogen and oxygen atoms in total. The molecular formula is C35H38ClO4P2Rh-. The minimum absolute atomic E-state index is 0. The van der Waals surface area contributed by atoms with Gasteiger partial charge >= 0.3 is 0 Å². The second-order valence-corrected chi connectivity index (χ2v) is 14.9.